The number of hydrogen-bond acceptors (Lipinski definition) is 7. The minimum atomic E-state index is -4.10. The predicted molar refractivity (Wildman–Crippen MR) is 102 cm³/mol. The number of nitrogens with zero attached hydrogens (tertiary/aromatic N) is 5. The molecule has 9 nitrogen and oxygen atoms in total. The Hall–Kier alpha value is -2.73. The summed E-state index contributed by atoms with van der Waals surface area (Å²) in [6.07, 6.45) is 5.77. The van der Waals surface area contributed by atoms with Gasteiger partial charge >= 0.3 is 0 Å². The molecule has 1 aliphatic heterocycles. The molecule has 0 aliphatic carbocycles. The van der Waals surface area contributed by atoms with Crippen molar-refractivity contribution in [3.63, 3.8) is 0 Å². The summed E-state index contributed by atoms with van der Waals surface area (Å²) in [6, 6.07) is 6.29. The Labute approximate surface area is 169 Å². The van der Waals surface area contributed by atoms with Crippen LogP contribution in [0, 0.1) is 5.82 Å². The summed E-state index contributed by atoms with van der Waals surface area (Å²) in [5.41, 5.74) is -1.22. The Morgan fingerprint density at radius 2 is 2.07 bits per heavy atom. The molecule has 29 heavy (non-hydrogen) atoms. The van der Waals surface area contributed by atoms with Gasteiger partial charge in [-0.25, -0.2) is 22.5 Å². The third-order valence-corrected chi connectivity index (χ3v) is 6.12. The third-order valence-electron chi connectivity index (χ3n) is 4.62. The van der Waals surface area contributed by atoms with Crippen LogP contribution in [0.5, 0.6) is 0 Å². The van der Waals surface area contributed by atoms with Crippen LogP contribution >= 0.6 is 11.6 Å². The summed E-state index contributed by atoms with van der Waals surface area (Å²) in [4.78, 5) is 2.29. The first-order chi connectivity index (χ1) is 13.7. The number of benzene rings is 1. The fourth-order valence-electron chi connectivity index (χ4n) is 3.23. The lowest BCUT2D eigenvalue weighted by molar-refractivity contribution is -0.0387. The summed E-state index contributed by atoms with van der Waals surface area (Å²) in [5.74, 6) is -0.763. The van der Waals surface area contributed by atoms with E-state index >= 15 is 0 Å². The minimum absolute atomic E-state index is 0.189. The summed E-state index contributed by atoms with van der Waals surface area (Å²) in [5, 5.41) is 17.3. The summed E-state index contributed by atoms with van der Waals surface area (Å²) < 4.78 is 45.6. The average molecular weight is 437 g/mol. The number of sulfonamides is 1. The van der Waals surface area contributed by atoms with E-state index in [4.69, 9.17) is 21.5 Å². The number of alkyl halides is 1. The van der Waals surface area contributed by atoms with Crippen molar-refractivity contribution in [1.82, 2.24) is 19.8 Å². The highest BCUT2D eigenvalue weighted by Crippen LogP contribution is 2.52. The van der Waals surface area contributed by atoms with Crippen molar-refractivity contribution in [1.29, 1.82) is 0 Å². The van der Waals surface area contributed by atoms with Gasteiger partial charge in [-0.1, -0.05) is 6.08 Å². The van der Waals surface area contributed by atoms with E-state index in [1.165, 1.54) is 36.3 Å². The monoisotopic (exact) mass is 436 g/mol. The van der Waals surface area contributed by atoms with Gasteiger partial charge in [-0.2, -0.15) is 5.10 Å². The second-order valence-corrected chi connectivity index (χ2v) is 8.39. The molecule has 1 aliphatic rings. The van der Waals surface area contributed by atoms with Crippen LogP contribution in [0.15, 0.2) is 58.7 Å². The van der Waals surface area contributed by atoms with Crippen molar-refractivity contribution in [3.8, 4) is 0 Å². The molecule has 3 heterocycles. The first-order valence-corrected chi connectivity index (χ1v) is 10.1. The van der Waals surface area contributed by atoms with Crippen molar-refractivity contribution in [2.45, 2.75) is 15.5 Å². The van der Waals surface area contributed by atoms with Crippen LogP contribution in [-0.2, 0) is 25.4 Å². The topological polar surface area (TPSA) is 125 Å². The maximum Gasteiger partial charge on any atom is 0.238 e. The minimum Gasteiger partial charge on any atom is -0.350 e. The fraction of sp³-hybridized carbons (Fsp3) is 0.176. The zero-order valence-electron chi connectivity index (χ0n) is 14.9. The molecule has 0 radical (unpaired) electrons. The van der Waals surface area contributed by atoms with E-state index in [0.717, 1.165) is 18.2 Å². The van der Waals surface area contributed by atoms with Crippen molar-refractivity contribution in [3.05, 3.63) is 65.9 Å². The number of nitrogens with two attached hydrogens (primary N) is 1. The number of allylic oxidation sites excluding steroid dienone is 1. The molecule has 4 rings (SSSR count). The van der Waals surface area contributed by atoms with E-state index in [2.05, 4.69) is 20.3 Å². The number of fused-ring (bicyclic) bond motifs is 1. The van der Waals surface area contributed by atoms with Gasteiger partial charge in [-0.3, -0.25) is 4.99 Å². The van der Waals surface area contributed by atoms with E-state index in [0.29, 0.717) is 5.65 Å². The second kappa shape index (κ2) is 6.66. The first-order valence-electron chi connectivity index (χ1n) is 8.19. The van der Waals surface area contributed by atoms with Gasteiger partial charge in [-0.05, 0) is 36.4 Å². The molecule has 0 bridgehead atoms. The van der Waals surface area contributed by atoms with Crippen LogP contribution < -0.4 is 5.14 Å². The number of hydrogen-bond donors (Lipinski definition) is 1. The Morgan fingerprint density at radius 1 is 1.28 bits per heavy atom. The molecule has 0 fully saturated rings. The summed E-state index contributed by atoms with van der Waals surface area (Å²) >= 11 is 6.93. The van der Waals surface area contributed by atoms with Crippen molar-refractivity contribution >= 4 is 33.5 Å². The van der Waals surface area contributed by atoms with Crippen molar-refractivity contribution < 1.29 is 17.5 Å². The Bertz CT molecular complexity index is 1280. The number of ether oxygens (including phenoxy) is 1. The summed E-state index contributed by atoms with van der Waals surface area (Å²) in [6.45, 7) is 0. The van der Waals surface area contributed by atoms with E-state index in [1.807, 2.05) is 0 Å². The SMILES string of the molecule is COC1(c2ccc3nncn3n2)N=CC=CC1(Cl)c1cc(S(N)(=O)=O)ccc1F. The third kappa shape index (κ3) is 2.94. The van der Waals surface area contributed by atoms with Gasteiger partial charge in [0.05, 0.1) is 4.90 Å². The highest BCUT2D eigenvalue weighted by Gasteiger charge is 2.56. The molecule has 2 aromatic heterocycles. The lowest BCUT2D eigenvalue weighted by atomic mass is 9.83. The molecular weight excluding hydrogens is 423 g/mol. The van der Waals surface area contributed by atoms with Gasteiger partial charge in [0.25, 0.3) is 0 Å². The quantitative estimate of drug-likeness (QED) is 0.617. The summed E-state index contributed by atoms with van der Waals surface area (Å²) in [7, 11) is -2.76. The van der Waals surface area contributed by atoms with Gasteiger partial charge < -0.3 is 4.74 Å². The van der Waals surface area contributed by atoms with Crippen LogP contribution in [-0.4, -0.2) is 41.6 Å². The molecule has 0 saturated carbocycles. The number of primary sulfonamides is 1. The van der Waals surface area contributed by atoms with E-state index < -0.39 is 26.4 Å². The lowest BCUT2D eigenvalue weighted by Gasteiger charge is -2.42. The molecule has 150 valence electrons. The molecule has 12 heteroatoms. The molecule has 2 atom stereocenters. The van der Waals surface area contributed by atoms with Crippen LogP contribution in [0.2, 0.25) is 0 Å². The van der Waals surface area contributed by atoms with Crippen LogP contribution in [0.4, 0.5) is 4.39 Å². The average Bonchev–Trinajstić information content (AvgIpc) is 3.15. The Morgan fingerprint density at radius 3 is 2.79 bits per heavy atom. The molecule has 0 amide bonds. The molecule has 1 aromatic carbocycles. The lowest BCUT2D eigenvalue weighted by Crippen LogP contribution is -2.47. The smallest absolute Gasteiger partial charge is 0.238 e. The van der Waals surface area contributed by atoms with Crippen molar-refractivity contribution in [2.24, 2.45) is 10.1 Å². The molecule has 3 aromatic rings. The number of aliphatic imine (C=N–C) groups is 1. The van der Waals surface area contributed by atoms with Gasteiger partial charge in [-0.15, -0.1) is 21.8 Å². The van der Waals surface area contributed by atoms with Gasteiger partial charge in [0.2, 0.25) is 15.7 Å². The first kappa shape index (κ1) is 19.6. The Balaban J connectivity index is 1.99. The number of halogens is 2. The Kier molecular flexibility index (Phi) is 4.50. The largest absolute Gasteiger partial charge is 0.350 e. The second-order valence-electron chi connectivity index (χ2n) is 6.24. The fourth-order valence-corrected chi connectivity index (χ4v) is 4.21. The van der Waals surface area contributed by atoms with Gasteiger partial charge in [0.1, 0.15) is 22.7 Å². The number of rotatable bonds is 4. The molecule has 2 N–H and O–H groups in total. The van der Waals surface area contributed by atoms with E-state index in [1.54, 1.807) is 12.1 Å². The van der Waals surface area contributed by atoms with Crippen LogP contribution in [0.25, 0.3) is 5.65 Å². The molecule has 0 saturated heterocycles. The number of aromatic nitrogens is 4. The zero-order chi connectivity index (χ0) is 20.9. The standard InChI is InChI=1S/C17H14ClFN6O3S/c1-28-17(14-5-6-15-23-22-10-25(15)24-14)16(18,7-2-8-21-17)12-9-11(29(20,26)27)3-4-13(12)19/h2-10H,1H3,(H2,20,26,27). The maximum atomic E-state index is 14.9. The predicted octanol–water partition coefficient (Wildman–Crippen LogP) is 1.48. The van der Waals surface area contributed by atoms with Crippen LogP contribution in [0.3, 0.4) is 0 Å². The number of dihydropyridines is 1. The van der Waals surface area contributed by atoms with Gasteiger partial charge in [0, 0.05) is 18.9 Å². The normalized spacial score (nSPS) is 24.3. The van der Waals surface area contributed by atoms with Gasteiger partial charge in [0.15, 0.2) is 5.65 Å². The molecule has 2 unspecified atom stereocenters. The highest BCUT2D eigenvalue weighted by atomic mass is 35.5. The zero-order valence-corrected chi connectivity index (χ0v) is 16.5. The highest BCUT2D eigenvalue weighted by molar-refractivity contribution is 7.89. The van der Waals surface area contributed by atoms with E-state index in [9.17, 15) is 12.8 Å². The van der Waals surface area contributed by atoms with Crippen LogP contribution in [0.1, 0.15) is 11.3 Å². The maximum absolute atomic E-state index is 14.9. The number of methoxy groups -OCH3 is 1. The molecular formula is C17H14ClFN6O3S. The van der Waals surface area contributed by atoms with E-state index in [-0.39, 0.29) is 16.2 Å². The van der Waals surface area contributed by atoms with Crippen molar-refractivity contribution in [2.75, 3.05) is 7.11 Å². The molecule has 0 spiro atoms.